The number of hydrogen-bond donors (Lipinski definition) is 1. The van der Waals surface area contributed by atoms with Crippen LogP contribution in [0, 0.1) is 5.92 Å². The van der Waals surface area contributed by atoms with Gasteiger partial charge in [-0.1, -0.05) is 25.8 Å². The number of imidazole rings is 1. The molecule has 1 aliphatic heterocycles. The van der Waals surface area contributed by atoms with Crippen molar-refractivity contribution in [1.82, 2.24) is 14.3 Å². The largest absolute Gasteiger partial charge is 0.496 e. The van der Waals surface area contributed by atoms with Gasteiger partial charge in [-0.15, -0.1) is 0 Å². The Balaban J connectivity index is 1.47. The van der Waals surface area contributed by atoms with E-state index in [-0.39, 0.29) is 29.2 Å². The van der Waals surface area contributed by atoms with Crippen LogP contribution < -0.4 is 9.47 Å². The van der Waals surface area contributed by atoms with Crippen LogP contribution in [-0.2, 0) is 0 Å². The van der Waals surface area contributed by atoms with E-state index in [1.807, 2.05) is 22.7 Å². The van der Waals surface area contributed by atoms with Gasteiger partial charge in [-0.2, -0.15) is 4.39 Å². The van der Waals surface area contributed by atoms with Crippen molar-refractivity contribution in [2.24, 2.45) is 5.92 Å². The van der Waals surface area contributed by atoms with E-state index in [1.54, 1.807) is 18.3 Å². The number of benzene rings is 1. The molecule has 0 radical (unpaired) electrons. The number of Topliss-reactive ketones (excluding diaryl/α,β-unsaturated/α-hetero) is 1. The lowest BCUT2D eigenvalue weighted by molar-refractivity contribution is -0.0211. The number of carbonyl (C=O) groups is 1. The highest BCUT2D eigenvalue weighted by Crippen LogP contribution is 2.39. The lowest BCUT2D eigenvalue weighted by atomic mass is 9.99. The first-order valence-corrected chi connectivity index (χ1v) is 13.0. The normalized spacial score (nSPS) is 17.8. The fourth-order valence-corrected chi connectivity index (χ4v) is 5.00. The van der Waals surface area contributed by atoms with Gasteiger partial charge in [0.05, 0.1) is 25.1 Å². The Morgan fingerprint density at radius 1 is 1.30 bits per heavy atom. The predicted octanol–water partition coefficient (Wildman–Crippen LogP) is 5.37. The number of alkyl halides is 1. The van der Waals surface area contributed by atoms with E-state index < -0.39 is 6.36 Å². The molecule has 196 valence electrons. The van der Waals surface area contributed by atoms with Gasteiger partial charge in [-0.05, 0) is 55.2 Å². The second-order valence-corrected chi connectivity index (χ2v) is 10.1. The number of aromatic nitrogens is 2. The monoisotopic (exact) mass is 507 g/mol. The summed E-state index contributed by atoms with van der Waals surface area (Å²) in [6, 6.07) is 7.69. The molecule has 8 heteroatoms. The van der Waals surface area contributed by atoms with Crippen LogP contribution in [0.25, 0.3) is 16.9 Å². The zero-order valence-electron chi connectivity index (χ0n) is 21.4. The number of rotatable bonds is 12. The van der Waals surface area contributed by atoms with E-state index in [0.717, 1.165) is 41.7 Å². The van der Waals surface area contributed by atoms with E-state index in [1.165, 1.54) is 20.0 Å². The van der Waals surface area contributed by atoms with Crippen molar-refractivity contribution in [2.45, 2.75) is 57.5 Å². The average Bonchev–Trinajstić information content (AvgIpc) is 3.61. The third-order valence-electron chi connectivity index (χ3n) is 7.46. The maximum Gasteiger partial charge on any atom is 0.257 e. The number of likely N-dealkylation sites (tertiary alicyclic amines) is 1. The summed E-state index contributed by atoms with van der Waals surface area (Å²) in [6.45, 7) is 6.91. The highest BCUT2D eigenvalue weighted by molar-refractivity contribution is 6.02. The molecule has 1 aromatic carbocycles. The number of nitrogens with zero attached hydrogens (tertiary/aromatic N) is 3. The third kappa shape index (κ3) is 5.40. The summed E-state index contributed by atoms with van der Waals surface area (Å²) < 4.78 is 27.4. The van der Waals surface area contributed by atoms with Crippen LogP contribution in [0.15, 0.2) is 49.3 Å². The first-order valence-electron chi connectivity index (χ1n) is 13.0. The van der Waals surface area contributed by atoms with Crippen LogP contribution in [-0.4, -0.2) is 57.8 Å². The van der Waals surface area contributed by atoms with Crippen molar-refractivity contribution in [2.75, 3.05) is 20.2 Å². The molecule has 2 atom stereocenters. The molecule has 2 unspecified atom stereocenters. The molecule has 37 heavy (non-hydrogen) atoms. The molecular formula is C29H34FN3O4. The third-order valence-corrected chi connectivity index (χ3v) is 7.46. The number of aliphatic hydroxyl groups is 1. The highest BCUT2D eigenvalue weighted by atomic mass is 19.1. The quantitative estimate of drug-likeness (QED) is 0.262. The SMILES string of the molecule is C=CC(F)Oc1cc(-c2cnc3cc(C(C)N4CC(O)C4)ccn23)cc(OC)c1C(=O)CCCC1CC1. The van der Waals surface area contributed by atoms with Gasteiger partial charge in [-0.25, -0.2) is 4.98 Å². The first-order chi connectivity index (χ1) is 17.9. The van der Waals surface area contributed by atoms with E-state index in [0.29, 0.717) is 30.8 Å². The van der Waals surface area contributed by atoms with Gasteiger partial charge in [-0.3, -0.25) is 14.1 Å². The average molecular weight is 508 g/mol. The Morgan fingerprint density at radius 2 is 2.05 bits per heavy atom. The minimum atomic E-state index is -1.76. The molecule has 2 fully saturated rings. The lowest BCUT2D eigenvalue weighted by Crippen LogP contribution is -2.51. The fourth-order valence-electron chi connectivity index (χ4n) is 5.00. The molecule has 0 bridgehead atoms. The van der Waals surface area contributed by atoms with Crippen molar-refractivity contribution < 1.29 is 23.8 Å². The topological polar surface area (TPSA) is 76.3 Å². The van der Waals surface area contributed by atoms with Crippen LogP contribution in [0.3, 0.4) is 0 Å². The zero-order valence-corrected chi connectivity index (χ0v) is 21.4. The molecule has 1 saturated carbocycles. The molecule has 0 spiro atoms. The molecule has 1 N–H and O–H groups in total. The Kier molecular flexibility index (Phi) is 7.31. The Bertz CT molecular complexity index is 1300. The first kappa shape index (κ1) is 25.4. The van der Waals surface area contributed by atoms with Crippen LogP contribution in [0.4, 0.5) is 4.39 Å². The molecule has 1 aliphatic carbocycles. The summed E-state index contributed by atoms with van der Waals surface area (Å²) in [5.74, 6) is 1.09. The van der Waals surface area contributed by atoms with Gasteiger partial charge in [0.2, 0.25) is 0 Å². The molecule has 7 nitrogen and oxygen atoms in total. The number of carbonyl (C=O) groups excluding carboxylic acids is 1. The summed E-state index contributed by atoms with van der Waals surface area (Å²) in [4.78, 5) is 20.0. The summed E-state index contributed by atoms with van der Waals surface area (Å²) in [7, 11) is 1.50. The number of aliphatic hydroxyl groups excluding tert-OH is 1. The lowest BCUT2D eigenvalue weighted by Gasteiger charge is -2.40. The summed E-state index contributed by atoms with van der Waals surface area (Å²) in [5.41, 5.74) is 3.58. The number of pyridine rings is 1. The molecule has 5 rings (SSSR count). The van der Waals surface area contributed by atoms with Crippen LogP contribution in [0.1, 0.15) is 61.0 Å². The molecule has 3 aromatic rings. The summed E-state index contributed by atoms with van der Waals surface area (Å²) in [6.07, 6.45) is 7.39. The minimum absolute atomic E-state index is 0.122. The van der Waals surface area contributed by atoms with E-state index in [9.17, 15) is 14.3 Å². The second kappa shape index (κ2) is 10.6. The minimum Gasteiger partial charge on any atom is -0.496 e. The van der Waals surface area contributed by atoms with Gasteiger partial charge in [0.15, 0.2) is 5.78 Å². The number of methoxy groups -OCH3 is 1. The Hall–Kier alpha value is -3.23. The van der Waals surface area contributed by atoms with Crippen LogP contribution in [0.5, 0.6) is 11.5 Å². The fraction of sp³-hybridized carbons (Fsp3) is 0.448. The molecule has 1 saturated heterocycles. The van der Waals surface area contributed by atoms with Gasteiger partial charge in [0.1, 0.15) is 22.7 Å². The van der Waals surface area contributed by atoms with Crippen molar-refractivity contribution in [3.63, 3.8) is 0 Å². The highest BCUT2D eigenvalue weighted by Gasteiger charge is 2.29. The predicted molar refractivity (Wildman–Crippen MR) is 140 cm³/mol. The molecule has 2 aliphatic rings. The second-order valence-electron chi connectivity index (χ2n) is 10.1. The van der Waals surface area contributed by atoms with E-state index in [2.05, 4.69) is 23.4 Å². The van der Waals surface area contributed by atoms with Crippen molar-refractivity contribution >= 4 is 11.4 Å². The number of β-amino-alcohol motifs (C(OH)–C–C–N with tert-alkyl or cyclic N) is 1. The number of hydrogen-bond acceptors (Lipinski definition) is 6. The number of ketones is 1. The number of fused-ring (bicyclic) bond motifs is 1. The Labute approximate surface area is 216 Å². The smallest absolute Gasteiger partial charge is 0.257 e. The molecular weight excluding hydrogens is 473 g/mol. The van der Waals surface area contributed by atoms with Crippen molar-refractivity contribution in [1.29, 1.82) is 0 Å². The van der Waals surface area contributed by atoms with Gasteiger partial charge >= 0.3 is 0 Å². The maximum absolute atomic E-state index is 14.3. The van der Waals surface area contributed by atoms with Crippen molar-refractivity contribution in [3.8, 4) is 22.8 Å². The number of ether oxygens (including phenoxy) is 2. The van der Waals surface area contributed by atoms with Crippen LogP contribution in [0.2, 0.25) is 0 Å². The van der Waals surface area contributed by atoms with Gasteiger partial charge in [0, 0.05) is 37.3 Å². The number of halogens is 1. The van der Waals surface area contributed by atoms with E-state index >= 15 is 0 Å². The van der Waals surface area contributed by atoms with Crippen molar-refractivity contribution in [3.05, 3.63) is 60.4 Å². The maximum atomic E-state index is 14.3. The Morgan fingerprint density at radius 3 is 2.73 bits per heavy atom. The standard InChI is InChI=1S/C29H34FN3O4/c1-4-27(30)37-26-13-21(12-25(36-3)29(26)24(35)7-5-6-19-8-9-19)23-15-31-28-14-20(10-11-33(23)28)18(2)32-16-22(34)17-32/h4,10-15,18-19,22,27,34H,1,5-9,16-17H2,2-3H3. The molecule has 0 amide bonds. The summed E-state index contributed by atoms with van der Waals surface area (Å²) in [5, 5.41) is 9.64. The molecule has 3 heterocycles. The van der Waals surface area contributed by atoms with Gasteiger partial charge in [0.25, 0.3) is 6.36 Å². The molecule has 2 aromatic heterocycles. The van der Waals surface area contributed by atoms with Gasteiger partial charge < -0.3 is 14.6 Å². The summed E-state index contributed by atoms with van der Waals surface area (Å²) >= 11 is 0. The zero-order chi connectivity index (χ0) is 26.1. The van der Waals surface area contributed by atoms with Crippen LogP contribution >= 0.6 is 0 Å². The van der Waals surface area contributed by atoms with E-state index in [4.69, 9.17) is 9.47 Å².